The maximum Gasteiger partial charge on any atom is 0.0568 e. The van der Waals surface area contributed by atoms with Crippen LogP contribution in [0, 0.1) is 52.3 Å². The Balaban J connectivity index is 1.52. The van der Waals surface area contributed by atoms with E-state index in [1.165, 1.54) is 57.8 Å². The normalized spacial score (nSPS) is 47.9. The van der Waals surface area contributed by atoms with E-state index in [2.05, 4.69) is 47.6 Å². The lowest BCUT2D eigenvalue weighted by atomic mass is 9.46. The molecule has 0 spiro atoms. The molecule has 4 rings (SSSR count). The van der Waals surface area contributed by atoms with Gasteiger partial charge in [-0.2, -0.15) is 0 Å². The van der Waals surface area contributed by atoms with Gasteiger partial charge in [0.05, 0.1) is 6.10 Å². The predicted octanol–water partition coefficient (Wildman–Crippen LogP) is 7.63. The van der Waals surface area contributed by atoms with E-state index in [-0.39, 0.29) is 6.10 Å². The highest BCUT2D eigenvalue weighted by molar-refractivity contribution is 5.28. The Morgan fingerprint density at radius 2 is 1.66 bits per heavy atom. The third-order valence-electron chi connectivity index (χ3n) is 10.8. The minimum absolute atomic E-state index is 0.0700. The summed E-state index contributed by atoms with van der Waals surface area (Å²) in [6, 6.07) is 0. The Kier molecular flexibility index (Phi) is 6.04. The number of allylic oxidation sites excluding steroid dienone is 2. The van der Waals surface area contributed by atoms with Crippen molar-refractivity contribution in [1.29, 1.82) is 0 Å². The first kappa shape index (κ1) is 21.9. The molecule has 0 bridgehead atoms. The number of rotatable bonds is 5. The Hall–Kier alpha value is -0.300. The molecular weight excluding hydrogens is 352 g/mol. The molecule has 0 aliphatic heterocycles. The van der Waals surface area contributed by atoms with Crippen LogP contribution in [0.25, 0.3) is 0 Å². The van der Waals surface area contributed by atoms with E-state index >= 15 is 0 Å². The van der Waals surface area contributed by atoms with Crippen LogP contribution in [0.5, 0.6) is 0 Å². The maximum atomic E-state index is 10.5. The number of aliphatic hydroxyl groups is 1. The smallest absolute Gasteiger partial charge is 0.0568 e. The van der Waals surface area contributed by atoms with Crippen LogP contribution in [0.15, 0.2) is 11.6 Å². The molecule has 0 amide bonds. The van der Waals surface area contributed by atoms with Crippen molar-refractivity contribution < 1.29 is 5.11 Å². The van der Waals surface area contributed by atoms with Gasteiger partial charge in [-0.1, -0.05) is 72.5 Å². The highest BCUT2D eigenvalue weighted by Crippen LogP contribution is 2.67. The van der Waals surface area contributed by atoms with Gasteiger partial charge in [-0.25, -0.2) is 0 Å². The lowest BCUT2D eigenvalue weighted by Gasteiger charge is -2.59. The molecule has 0 saturated heterocycles. The number of hydrogen-bond donors (Lipinski definition) is 1. The molecule has 3 saturated carbocycles. The number of aliphatic hydroxyl groups excluding tert-OH is 1. The van der Waals surface area contributed by atoms with Crippen LogP contribution in [0.2, 0.25) is 0 Å². The van der Waals surface area contributed by atoms with Crippen molar-refractivity contribution >= 4 is 0 Å². The van der Waals surface area contributed by atoms with E-state index in [9.17, 15) is 5.11 Å². The molecule has 166 valence electrons. The minimum atomic E-state index is -0.0700. The summed E-state index contributed by atoms with van der Waals surface area (Å²) >= 11 is 0. The molecule has 4 aliphatic rings. The zero-order valence-electron chi connectivity index (χ0n) is 20.2. The molecule has 0 unspecified atom stereocenters. The quantitative estimate of drug-likeness (QED) is 0.470. The van der Waals surface area contributed by atoms with Crippen LogP contribution in [0.3, 0.4) is 0 Å². The fourth-order valence-electron chi connectivity index (χ4n) is 8.97. The van der Waals surface area contributed by atoms with Gasteiger partial charge in [0.25, 0.3) is 0 Å². The van der Waals surface area contributed by atoms with Gasteiger partial charge < -0.3 is 5.11 Å². The first-order valence-electron chi connectivity index (χ1n) is 13.1. The Labute approximate surface area is 181 Å². The molecular formula is C28H48O. The van der Waals surface area contributed by atoms with Crippen molar-refractivity contribution in [3.05, 3.63) is 11.6 Å². The number of fused-ring (bicyclic) bond motifs is 5. The van der Waals surface area contributed by atoms with E-state index in [4.69, 9.17) is 0 Å². The van der Waals surface area contributed by atoms with Crippen LogP contribution < -0.4 is 0 Å². The molecule has 3 fully saturated rings. The predicted molar refractivity (Wildman–Crippen MR) is 124 cm³/mol. The Bertz CT molecular complexity index is 620. The molecule has 0 aromatic heterocycles. The van der Waals surface area contributed by atoms with Crippen molar-refractivity contribution in [2.45, 2.75) is 112 Å². The monoisotopic (exact) mass is 400 g/mol. The molecule has 4 aliphatic carbocycles. The Morgan fingerprint density at radius 3 is 2.38 bits per heavy atom. The molecule has 1 N–H and O–H groups in total. The van der Waals surface area contributed by atoms with E-state index < -0.39 is 0 Å². The van der Waals surface area contributed by atoms with Gasteiger partial charge in [0.15, 0.2) is 0 Å². The fourth-order valence-corrected chi connectivity index (χ4v) is 8.97. The first-order chi connectivity index (χ1) is 13.7. The minimum Gasteiger partial charge on any atom is -0.393 e. The summed E-state index contributed by atoms with van der Waals surface area (Å²) in [7, 11) is 0. The molecule has 9 atom stereocenters. The standard InChI is InChI=1S/C28H48O/c1-18(2)8-7-9-19(3)22-12-13-24-21-10-11-23-20(4)26(29)15-17-28(23,6)25(21)14-16-27(22,24)5/h10,18-20,22-26,29H,7-9,11-17H2,1-6H3/t19-,20-,22-,23-,24+,25+,26-,27-,28+/m1/s1. The third-order valence-corrected chi connectivity index (χ3v) is 10.8. The van der Waals surface area contributed by atoms with Crippen molar-refractivity contribution in [1.82, 2.24) is 0 Å². The number of hydrogen-bond acceptors (Lipinski definition) is 1. The van der Waals surface area contributed by atoms with Crippen molar-refractivity contribution in [3.8, 4) is 0 Å². The molecule has 0 aromatic carbocycles. The highest BCUT2D eigenvalue weighted by Gasteiger charge is 2.59. The second-order valence-electron chi connectivity index (χ2n) is 12.7. The van der Waals surface area contributed by atoms with Gasteiger partial charge in [0.1, 0.15) is 0 Å². The van der Waals surface area contributed by atoms with Crippen LogP contribution >= 0.6 is 0 Å². The van der Waals surface area contributed by atoms with Crippen molar-refractivity contribution in [2.24, 2.45) is 52.3 Å². The molecule has 0 radical (unpaired) electrons. The van der Waals surface area contributed by atoms with Gasteiger partial charge in [0.2, 0.25) is 0 Å². The zero-order valence-corrected chi connectivity index (χ0v) is 20.2. The van der Waals surface area contributed by atoms with Crippen molar-refractivity contribution in [2.75, 3.05) is 0 Å². The van der Waals surface area contributed by atoms with Crippen LogP contribution in [0.1, 0.15) is 106 Å². The van der Waals surface area contributed by atoms with E-state index in [1.54, 1.807) is 0 Å². The summed E-state index contributed by atoms with van der Waals surface area (Å²) in [6.45, 7) is 14.9. The van der Waals surface area contributed by atoms with Crippen LogP contribution in [-0.4, -0.2) is 11.2 Å². The topological polar surface area (TPSA) is 20.2 Å². The maximum absolute atomic E-state index is 10.5. The molecule has 0 heterocycles. The van der Waals surface area contributed by atoms with Crippen molar-refractivity contribution in [3.63, 3.8) is 0 Å². The third kappa shape index (κ3) is 3.56. The van der Waals surface area contributed by atoms with Gasteiger partial charge in [-0.05, 0) is 97.2 Å². The zero-order chi connectivity index (χ0) is 21.0. The largest absolute Gasteiger partial charge is 0.393 e. The first-order valence-corrected chi connectivity index (χ1v) is 13.1. The fraction of sp³-hybridized carbons (Fsp3) is 0.929. The summed E-state index contributed by atoms with van der Waals surface area (Å²) in [6.07, 6.45) is 16.1. The van der Waals surface area contributed by atoms with Crippen LogP contribution in [-0.2, 0) is 0 Å². The Morgan fingerprint density at radius 1 is 0.966 bits per heavy atom. The molecule has 1 heteroatoms. The summed E-state index contributed by atoms with van der Waals surface area (Å²) in [5, 5.41) is 10.5. The summed E-state index contributed by atoms with van der Waals surface area (Å²) < 4.78 is 0. The lowest BCUT2D eigenvalue weighted by Crippen LogP contribution is -2.52. The second-order valence-corrected chi connectivity index (χ2v) is 12.7. The van der Waals surface area contributed by atoms with Gasteiger partial charge in [-0.15, -0.1) is 0 Å². The van der Waals surface area contributed by atoms with E-state index in [0.29, 0.717) is 22.7 Å². The van der Waals surface area contributed by atoms with Gasteiger partial charge >= 0.3 is 0 Å². The molecule has 1 nitrogen and oxygen atoms in total. The average Bonchev–Trinajstić information content (AvgIpc) is 3.02. The SMILES string of the molecule is CC(C)CCC[C@@H](C)[C@H]1CC[C@H]2C3=CC[C@@H]4[C@@H](C)[C@H](O)CC[C@]4(C)[C@H]3CC[C@]12C. The van der Waals surface area contributed by atoms with Crippen LogP contribution in [0.4, 0.5) is 0 Å². The van der Waals surface area contributed by atoms with E-state index in [1.807, 2.05) is 5.57 Å². The summed E-state index contributed by atoms with van der Waals surface area (Å²) in [5.74, 6) is 5.47. The molecule has 0 aromatic rings. The molecule has 29 heavy (non-hydrogen) atoms. The summed E-state index contributed by atoms with van der Waals surface area (Å²) in [4.78, 5) is 0. The van der Waals surface area contributed by atoms with Gasteiger partial charge in [0, 0.05) is 0 Å². The average molecular weight is 401 g/mol. The second kappa shape index (κ2) is 7.99. The van der Waals surface area contributed by atoms with E-state index in [0.717, 1.165) is 36.0 Å². The lowest BCUT2D eigenvalue weighted by molar-refractivity contribution is -0.0773. The summed E-state index contributed by atoms with van der Waals surface area (Å²) in [5.41, 5.74) is 2.85. The van der Waals surface area contributed by atoms with Gasteiger partial charge in [-0.3, -0.25) is 0 Å². The highest BCUT2D eigenvalue weighted by atomic mass is 16.3.